The smallest absolute Gasteiger partial charge is 0.265 e. The summed E-state index contributed by atoms with van der Waals surface area (Å²) in [6, 6.07) is 12.9. The molecule has 0 saturated heterocycles. The van der Waals surface area contributed by atoms with E-state index < -0.39 is 0 Å². The van der Waals surface area contributed by atoms with Gasteiger partial charge in [0, 0.05) is 10.9 Å². The zero-order valence-electron chi connectivity index (χ0n) is 13.6. The van der Waals surface area contributed by atoms with E-state index in [9.17, 15) is 5.11 Å². The van der Waals surface area contributed by atoms with Gasteiger partial charge in [0.15, 0.2) is 5.65 Å². The average molecular weight is 332 g/mol. The fraction of sp³-hybridized carbons (Fsp3) is 0.111. The molecule has 0 saturated carbocycles. The Kier molecular flexibility index (Phi) is 3.74. The van der Waals surface area contributed by atoms with E-state index in [0.717, 1.165) is 28.4 Å². The molecule has 0 fully saturated rings. The number of benzene rings is 2. The number of H-pyrrole nitrogens is 1. The number of hydrogen-bond acceptors (Lipinski definition) is 6. The highest BCUT2D eigenvalue weighted by Crippen LogP contribution is 2.23. The number of phenolic OH excluding ortho intramolecular Hbond substituents is 1. The molecular formula is C18H16N6O. The van der Waals surface area contributed by atoms with Crippen LogP contribution in [0.15, 0.2) is 47.6 Å². The molecule has 0 bridgehead atoms. The van der Waals surface area contributed by atoms with Crippen molar-refractivity contribution < 1.29 is 5.11 Å². The largest absolute Gasteiger partial charge is 0.508 e. The second-order valence-corrected chi connectivity index (χ2v) is 5.65. The van der Waals surface area contributed by atoms with E-state index in [1.54, 1.807) is 30.5 Å². The van der Waals surface area contributed by atoms with Crippen molar-refractivity contribution in [1.29, 1.82) is 0 Å². The molecule has 4 rings (SSSR count). The number of aryl methyl sites for hydroxylation is 1. The van der Waals surface area contributed by atoms with Crippen LogP contribution in [0.4, 0.5) is 5.95 Å². The monoisotopic (exact) mass is 332 g/mol. The van der Waals surface area contributed by atoms with E-state index in [1.807, 2.05) is 6.07 Å². The zero-order valence-corrected chi connectivity index (χ0v) is 13.6. The second-order valence-electron chi connectivity index (χ2n) is 5.65. The van der Waals surface area contributed by atoms with Crippen molar-refractivity contribution >= 4 is 34.2 Å². The molecule has 0 amide bonds. The number of nitrogens with one attached hydrogen (secondary N) is 2. The molecule has 25 heavy (non-hydrogen) atoms. The van der Waals surface area contributed by atoms with Crippen LogP contribution in [-0.4, -0.2) is 31.5 Å². The van der Waals surface area contributed by atoms with Crippen molar-refractivity contribution in [3.8, 4) is 5.75 Å². The van der Waals surface area contributed by atoms with Crippen LogP contribution in [0.3, 0.4) is 0 Å². The molecule has 2 heterocycles. The van der Waals surface area contributed by atoms with Crippen LogP contribution in [0, 0.1) is 0 Å². The Morgan fingerprint density at radius 2 is 2.00 bits per heavy atom. The highest BCUT2D eigenvalue weighted by atomic mass is 16.3. The summed E-state index contributed by atoms with van der Waals surface area (Å²) in [5.41, 5.74) is 7.26. The Morgan fingerprint density at radius 3 is 2.80 bits per heavy atom. The number of nitrogens with zero attached hydrogens (tertiary/aromatic N) is 4. The van der Waals surface area contributed by atoms with Crippen LogP contribution in [0.1, 0.15) is 18.1 Å². The van der Waals surface area contributed by atoms with Gasteiger partial charge in [-0.25, -0.2) is 5.43 Å². The third-order valence-electron chi connectivity index (χ3n) is 3.96. The van der Waals surface area contributed by atoms with Gasteiger partial charge in [-0.1, -0.05) is 13.0 Å². The zero-order chi connectivity index (χ0) is 17.2. The Hall–Kier alpha value is -3.48. The van der Waals surface area contributed by atoms with Crippen molar-refractivity contribution in [1.82, 2.24) is 20.2 Å². The molecule has 2 aromatic carbocycles. The quantitative estimate of drug-likeness (QED) is 0.394. The number of hydrazone groups is 1. The highest BCUT2D eigenvalue weighted by molar-refractivity contribution is 6.03. The summed E-state index contributed by atoms with van der Waals surface area (Å²) in [7, 11) is 0. The third-order valence-corrected chi connectivity index (χ3v) is 3.96. The summed E-state index contributed by atoms with van der Waals surface area (Å²) in [5, 5.41) is 22.7. The van der Waals surface area contributed by atoms with Gasteiger partial charge in [0.1, 0.15) is 11.3 Å². The van der Waals surface area contributed by atoms with E-state index in [-0.39, 0.29) is 5.75 Å². The normalized spacial score (nSPS) is 11.6. The minimum atomic E-state index is 0.216. The lowest BCUT2D eigenvalue weighted by Crippen LogP contribution is -1.98. The summed E-state index contributed by atoms with van der Waals surface area (Å²) >= 11 is 0. The lowest BCUT2D eigenvalue weighted by molar-refractivity contribution is 0.475. The van der Waals surface area contributed by atoms with Crippen LogP contribution >= 0.6 is 0 Å². The first kappa shape index (κ1) is 15.1. The Balaban J connectivity index is 1.60. The van der Waals surface area contributed by atoms with E-state index in [0.29, 0.717) is 11.6 Å². The molecule has 0 unspecified atom stereocenters. The number of anilines is 1. The molecular weight excluding hydrogens is 316 g/mol. The molecule has 0 atom stereocenters. The van der Waals surface area contributed by atoms with Crippen LogP contribution in [0.2, 0.25) is 0 Å². The topological polar surface area (TPSA) is 99.1 Å². The third kappa shape index (κ3) is 2.99. The van der Waals surface area contributed by atoms with Crippen molar-refractivity contribution in [2.45, 2.75) is 13.3 Å². The summed E-state index contributed by atoms with van der Waals surface area (Å²) in [6.45, 7) is 2.12. The molecule has 0 aliphatic carbocycles. The van der Waals surface area contributed by atoms with Crippen molar-refractivity contribution in [2.24, 2.45) is 5.10 Å². The number of phenols is 1. The Morgan fingerprint density at radius 1 is 1.16 bits per heavy atom. The first-order valence-corrected chi connectivity index (χ1v) is 7.96. The van der Waals surface area contributed by atoms with E-state index >= 15 is 0 Å². The minimum Gasteiger partial charge on any atom is -0.508 e. The van der Waals surface area contributed by atoms with Gasteiger partial charge in [-0.05, 0) is 53.9 Å². The molecule has 0 radical (unpaired) electrons. The van der Waals surface area contributed by atoms with Gasteiger partial charge < -0.3 is 10.1 Å². The number of fused-ring (bicyclic) bond motifs is 3. The maximum absolute atomic E-state index is 9.26. The average Bonchev–Trinajstić information content (AvgIpc) is 3.00. The van der Waals surface area contributed by atoms with Crippen LogP contribution in [0.25, 0.3) is 22.1 Å². The summed E-state index contributed by atoms with van der Waals surface area (Å²) in [4.78, 5) is 7.67. The molecule has 4 aromatic rings. The van der Waals surface area contributed by atoms with Gasteiger partial charge in [-0.3, -0.25) is 0 Å². The first-order chi connectivity index (χ1) is 12.2. The first-order valence-electron chi connectivity index (χ1n) is 7.96. The molecule has 7 nitrogen and oxygen atoms in total. The van der Waals surface area contributed by atoms with Gasteiger partial charge in [-0.2, -0.15) is 10.1 Å². The maximum Gasteiger partial charge on any atom is 0.265 e. The summed E-state index contributed by atoms with van der Waals surface area (Å²) in [6.07, 6.45) is 2.58. The fourth-order valence-electron chi connectivity index (χ4n) is 2.61. The predicted octanol–water partition coefficient (Wildman–Crippen LogP) is 3.22. The van der Waals surface area contributed by atoms with Crippen molar-refractivity contribution in [3.05, 3.63) is 53.6 Å². The van der Waals surface area contributed by atoms with Gasteiger partial charge in [0.2, 0.25) is 0 Å². The second kappa shape index (κ2) is 6.20. The number of aromatic nitrogens is 4. The van der Waals surface area contributed by atoms with Gasteiger partial charge >= 0.3 is 0 Å². The number of rotatable bonds is 4. The van der Waals surface area contributed by atoms with Crippen LogP contribution in [0.5, 0.6) is 5.75 Å². The minimum absolute atomic E-state index is 0.216. The summed E-state index contributed by atoms with van der Waals surface area (Å²) < 4.78 is 0. The molecule has 3 N–H and O–H groups in total. The molecule has 0 spiro atoms. The van der Waals surface area contributed by atoms with Gasteiger partial charge in [0.05, 0.1) is 6.21 Å². The lowest BCUT2D eigenvalue weighted by Gasteiger charge is -1.98. The predicted molar refractivity (Wildman–Crippen MR) is 97.9 cm³/mol. The Bertz CT molecular complexity index is 1070. The maximum atomic E-state index is 9.26. The molecule has 0 aliphatic rings. The van der Waals surface area contributed by atoms with Crippen LogP contribution in [-0.2, 0) is 6.42 Å². The lowest BCUT2D eigenvalue weighted by atomic mass is 10.1. The van der Waals surface area contributed by atoms with Gasteiger partial charge in [-0.15, -0.1) is 10.2 Å². The van der Waals surface area contributed by atoms with Gasteiger partial charge in [0.25, 0.3) is 5.95 Å². The number of aromatic amines is 1. The van der Waals surface area contributed by atoms with E-state index in [4.69, 9.17) is 0 Å². The summed E-state index contributed by atoms with van der Waals surface area (Å²) in [5.74, 6) is 0.526. The fourth-order valence-corrected chi connectivity index (χ4v) is 2.61. The number of aromatic hydroxyl groups is 1. The number of hydrogen-bond donors (Lipinski definition) is 3. The Labute approximate surface area is 143 Å². The molecule has 0 aliphatic heterocycles. The van der Waals surface area contributed by atoms with Crippen molar-refractivity contribution in [2.75, 3.05) is 5.43 Å². The highest BCUT2D eigenvalue weighted by Gasteiger charge is 2.09. The molecule has 7 heteroatoms. The SMILES string of the molecule is CCc1ccc2[nH]c3nc(NN=Cc4ccc(O)cc4)nnc3c2c1. The molecule has 124 valence electrons. The molecule has 2 aromatic heterocycles. The van der Waals surface area contributed by atoms with E-state index in [2.05, 4.69) is 49.7 Å². The van der Waals surface area contributed by atoms with Crippen molar-refractivity contribution in [3.63, 3.8) is 0 Å². The van der Waals surface area contributed by atoms with Crippen LogP contribution < -0.4 is 5.43 Å². The van der Waals surface area contributed by atoms with E-state index in [1.165, 1.54) is 5.56 Å². The standard InChI is InChI=1S/C18H16N6O/c1-2-11-5-8-15-14(9-11)16-17(20-15)21-18(24-22-16)23-19-10-12-3-6-13(25)7-4-12/h3-10,25H,2H2,1H3,(H2,20,21,23,24).